The van der Waals surface area contributed by atoms with Gasteiger partial charge in [0, 0.05) is 6.61 Å². The van der Waals surface area contributed by atoms with Crippen LogP contribution in [-0.2, 0) is 11.2 Å². The molecule has 0 aliphatic carbocycles. The Hall–Kier alpha value is -1.59. The van der Waals surface area contributed by atoms with Crippen molar-refractivity contribution in [1.29, 1.82) is 0 Å². The second-order valence-corrected chi connectivity index (χ2v) is 3.34. The van der Waals surface area contributed by atoms with Crippen LogP contribution in [0.2, 0.25) is 0 Å². The quantitative estimate of drug-likeness (QED) is 0.634. The zero-order valence-corrected chi connectivity index (χ0v) is 8.80. The molecule has 1 rings (SSSR count). The third kappa shape index (κ3) is 3.52. The Bertz CT molecular complexity index is 354. The minimum atomic E-state index is -1.10. The Morgan fingerprint density at radius 2 is 2.12 bits per heavy atom. The zero-order valence-electron chi connectivity index (χ0n) is 8.80. The summed E-state index contributed by atoms with van der Waals surface area (Å²) in [4.78, 5) is 10.5. The SMILES string of the molecule is NC(COc1ccccc1CCO)C(=O)O. The van der Waals surface area contributed by atoms with Gasteiger partial charge in [-0.2, -0.15) is 0 Å². The molecule has 0 radical (unpaired) electrons. The van der Waals surface area contributed by atoms with Gasteiger partial charge < -0.3 is 20.7 Å². The maximum atomic E-state index is 10.5. The smallest absolute Gasteiger partial charge is 0.324 e. The van der Waals surface area contributed by atoms with Crippen LogP contribution in [0, 0.1) is 0 Å². The number of hydrogen-bond donors (Lipinski definition) is 3. The molecule has 0 spiro atoms. The van der Waals surface area contributed by atoms with E-state index in [2.05, 4.69) is 0 Å². The maximum Gasteiger partial charge on any atom is 0.324 e. The molecule has 1 unspecified atom stereocenters. The van der Waals surface area contributed by atoms with Crippen molar-refractivity contribution < 1.29 is 19.7 Å². The number of ether oxygens (including phenoxy) is 1. The molecule has 5 heteroatoms. The van der Waals surface area contributed by atoms with E-state index in [1.54, 1.807) is 12.1 Å². The van der Waals surface area contributed by atoms with Crippen molar-refractivity contribution in [1.82, 2.24) is 0 Å². The molecule has 0 aliphatic rings. The number of carboxylic acids is 1. The van der Waals surface area contributed by atoms with Gasteiger partial charge in [0.15, 0.2) is 0 Å². The topological polar surface area (TPSA) is 92.8 Å². The first-order chi connectivity index (χ1) is 7.65. The second-order valence-electron chi connectivity index (χ2n) is 3.34. The van der Waals surface area contributed by atoms with E-state index in [-0.39, 0.29) is 13.2 Å². The van der Waals surface area contributed by atoms with Crippen LogP contribution in [0.1, 0.15) is 5.56 Å². The van der Waals surface area contributed by atoms with E-state index in [9.17, 15) is 4.79 Å². The van der Waals surface area contributed by atoms with Crippen molar-refractivity contribution in [3.8, 4) is 5.75 Å². The fourth-order valence-electron chi connectivity index (χ4n) is 1.22. The number of nitrogens with two attached hydrogens (primary N) is 1. The Labute approximate surface area is 93.5 Å². The summed E-state index contributed by atoms with van der Waals surface area (Å²) in [5.74, 6) is -0.534. The first-order valence-corrected chi connectivity index (χ1v) is 4.95. The lowest BCUT2D eigenvalue weighted by Crippen LogP contribution is -2.36. The van der Waals surface area contributed by atoms with E-state index < -0.39 is 12.0 Å². The van der Waals surface area contributed by atoms with Gasteiger partial charge in [0.1, 0.15) is 18.4 Å². The highest BCUT2D eigenvalue weighted by Crippen LogP contribution is 2.18. The van der Waals surface area contributed by atoms with Crippen LogP contribution in [0.15, 0.2) is 24.3 Å². The van der Waals surface area contributed by atoms with E-state index >= 15 is 0 Å². The number of benzene rings is 1. The molecule has 0 heterocycles. The summed E-state index contributed by atoms with van der Waals surface area (Å²) < 4.78 is 5.30. The highest BCUT2D eigenvalue weighted by molar-refractivity contribution is 5.73. The molecule has 0 saturated carbocycles. The highest BCUT2D eigenvalue weighted by atomic mass is 16.5. The van der Waals surface area contributed by atoms with Gasteiger partial charge >= 0.3 is 5.97 Å². The summed E-state index contributed by atoms with van der Waals surface area (Å²) in [6.45, 7) is -0.0663. The molecule has 0 fully saturated rings. The van der Waals surface area contributed by atoms with Crippen molar-refractivity contribution in [2.75, 3.05) is 13.2 Å². The predicted octanol–water partition coefficient (Wildman–Crippen LogP) is 0.0121. The number of para-hydroxylation sites is 1. The van der Waals surface area contributed by atoms with Gasteiger partial charge in [-0.3, -0.25) is 4.79 Å². The summed E-state index contributed by atoms with van der Waals surface area (Å²) in [5, 5.41) is 17.4. The standard InChI is InChI=1S/C11H15NO4/c12-9(11(14)15)7-16-10-4-2-1-3-8(10)5-6-13/h1-4,9,13H,5-7,12H2,(H,14,15). The molecule has 0 aromatic heterocycles. The molecule has 1 atom stereocenters. The van der Waals surface area contributed by atoms with Crippen LogP contribution in [-0.4, -0.2) is 35.4 Å². The Morgan fingerprint density at radius 3 is 2.75 bits per heavy atom. The van der Waals surface area contributed by atoms with Crippen LogP contribution in [0.25, 0.3) is 0 Å². The molecular formula is C11H15NO4. The first kappa shape index (κ1) is 12.5. The highest BCUT2D eigenvalue weighted by Gasteiger charge is 2.12. The van der Waals surface area contributed by atoms with Gasteiger partial charge in [-0.1, -0.05) is 18.2 Å². The van der Waals surface area contributed by atoms with Crippen molar-refractivity contribution in [2.45, 2.75) is 12.5 Å². The van der Waals surface area contributed by atoms with Gasteiger partial charge in [-0.15, -0.1) is 0 Å². The number of rotatable bonds is 6. The normalized spacial score (nSPS) is 12.1. The summed E-state index contributed by atoms with van der Waals surface area (Å²) in [6, 6.07) is 6.11. The Balaban J connectivity index is 2.62. The van der Waals surface area contributed by atoms with E-state index in [1.807, 2.05) is 12.1 Å². The van der Waals surface area contributed by atoms with Crippen LogP contribution in [0.5, 0.6) is 5.75 Å². The summed E-state index contributed by atoms with van der Waals surface area (Å²) in [7, 11) is 0. The van der Waals surface area contributed by atoms with Gasteiger partial charge in [-0.05, 0) is 18.1 Å². The first-order valence-electron chi connectivity index (χ1n) is 4.95. The van der Waals surface area contributed by atoms with Crippen molar-refractivity contribution in [2.24, 2.45) is 5.73 Å². The minimum absolute atomic E-state index is 0.0192. The number of hydrogen-bond acceptors (Lipinski definition) is 4. The largest absolute Gasteiger partial charge is 0.491 e. The molecule has 88 valence electrons. The Morgan fingerprint density at radius 1 is 1.44 bits per heavy atom. The lowest BCUT2D eigenvalue weighted by molar-refractivity contribution is -0.139. The average molecular weight is 225 g/mol. The number of aliphatic carboxylic acids is 1. The maximum absolute atomic E-state index is 10.5. The molecule has 0 aliphatic heterocycles. The zero-order chi connectivity index (χ0) is 12.0. The van der Waals surface area contributed by atoms with Crippen LogP contribution < -0.4 is 10.5 Å². The molecule has 0 saturated heterocycles. The monoisotopic (exact) mass is 225 g/mol. The van der Waals surface area contributed by atoms with Gasteiger partial charge in [-0.25, -0.2) is 0 Å². The van der Waals surface area contributed by atoms with Crippen LogP contribution in [0.3, 0.4) is 0 Å². The Kier molecular flexibility index (Phi) is 4.75. The molecule has 16 heavy (non-hydrogen) atoms. The number of carbonyl (C=O) groups is 1. The van der Waals surface area contributed by atoms with E-state index in [1.165, 1.54) is 0 Å². The van der Waals surface area contributed by atoms with E-state index in [0.29, 0.717) is 12.2 Å². The number of carboxylic acid groups (broad SMARTS) is 1. The van der Waals surface area contributed by atoms with Crippen molar-refractivity contribution >= 4 is 5.97 Å². The average Bonchev–Trinajstić information content (AvgIpc) is 2.27. The van der Waals surface area contributed by atoms with E-state index in [4.69, 9.17) is 20.7 Å². The molecule has 0 amide bonds. The lowest BCUT2D eigenvalue weighted by Gasteiger charge is -2.12. The number of aliphatic hydroxyl groups is 1. The minimum Gasteiger partial charge on any atom is -0.491 e. The summed E-state index contributed by atoms with van der Waals surface area (Å²) in [6.07, 6.45) is 0.471. The van der Waals surface area contributed by atoms with Crippen LogP contribution >= 0.6 is 0 Å². The third-order valence-corrected chi connectivity index (χ3v) is 2.09. The predicted molar refractivity (Wildman–Crippen MR) is 58.3 cm³/mol. The molecule has 0 bridgehead atoms. The molecular weight excluding hydrogens is 210 g/mol. The molecule has 1 aromatic carbocycles. The summed E-state index contributed by atoms with van der Waals surface area (Å²) in [5.41, 5.74) is 6.15. The molecule has 1 aromatic rings. The molecule has 5 nitrogen and oxygen atoms in total. The van der Waals surface area contributed by atoms with Gasteiger partial charge in [0.05, 0.1) is 0 Å². The lowest BCUT2D eigenvalue weighted by atomic mass is 10.1. The summed E-state index contributed by atoms with van der Waals surface area (Å²) >= 11 is 0. The van der Waals surface area contributed by atoms with Crippen molar-refractivity contribution in [3.63, 3.8) is 0 Å². The van der Waals surface area contributed by atoms with Gasteiger partial charge in [0.2, 0.25) is 0 Å². The van der Waals surface area contributed by atoms with Crippen LogP contribution in [0.4, 0.5) is 0 Å². The van der Waals surface area contributed by atoms with Crippen molar-refractivity contribution in [3.05, 3.63) is 29.8 Å². The van der Waals surface area contributed by atoms with Gasteiger partial charge in [0.25, 0.3) is 0 Å². The fourth-order valence-corrected chi connectivity index (χ4v) is 1.22. The third-order valence-electron chi connectivity index (χ3n) is 2.09. The fraction of sp³-hybridized carbons (Fsp3) is 0.364. The molecule has 4 N–H and O–H groups in total. The van der Waals surface area contributed by atoms with E-state index in [0.717, 1.165) is 5.56 Å². The number of aliphatic hydroxyl groups excluding tert-OH is 1. The second kappa shape index (κ2) is 6.09.